The summed E-state index contributed by atoms with van der Waals surface area (Å²) in [6.45, 7) is 12.8. The second-order valence-electron chi connectivity index (χ2n) is 8.37. The molecule has 0 saturated carbocycles. The molecule has 24 heavy (non-hydrogen) atoms. The summed E-state index contributed by atoms with van der Waals surface area (Å²) in [4.78, 5) is 13.5. The number of carbonyl (C=O) groups excluding carboxylic acids is 1. The number of carbonyl (C=O) groups is 1. The van der Waals surface area contributed by atoms with Crippen LogP contribution < -0.4 is 0 Å². The van der Waals surface area contributed by atoms with Crippen molar-refractivity contribution < 1.29 is 31.9 Å². The zero-order valence-electron chi connectivity index (χ0n) is 15.6. The van der Waals surface area contributed by atoms with E-state index in [2.05, 4.69) is 0 Å². The molecule has 0 bridgehead atoms. The van der Waals surface area contributed by atoms with E-state index in [9.17, 15) is 18.0 Å². The van der Waals surface area contributed by atoms with Crippen LogP contribution in [0.4, 0.5) is 18.0 Å². The van der Waals surface area contributed by atoms with E-state index >= 15 is 0 Å². The fourth-order valence-corrected chi connectivity index (χ4v) is 3.52. The summed E-state index contributed by atoms with van der Waals surface area (Å²) < 4.78 is 56.9. The Bertz CT molecular complexity index is 469. The number of halogens is 3. The van der Waals surface area contributed by atoms with Gasteiger partial charge in [0.05, 0.1) is 12.6 Å². The van der Waals surface area contributed by atoms with E-state index in [1.165, 1.54) is 0 Å². The minimum absolute atomic E-state index is 0.263. The van der Waals surface area contributed by atoms with E-state index in [4.69, 9.17) is 13.9 Å². The van der Waals surface area contributed by atoms with E-state index in [0.717, 1.165) is 4.90 Å². The molecular weight excluding hydrogens is 343 g/mol. The van der Waals surface area contributed by atoms with Crippen LogP contribution in [0.3, 0.4) is 0 Å². The van der Waals surface area contributed by atoms with Crippen LogP contribution in [0.15, 0.2) is 0 Å². The highest BCUT2D eigenvalue weighted by molar-refractivity contribution is 6.69. The molecule has 1 saturated heterocycles. The molecule has 1 fully saturated rings. The molecule has 0 aromatic rings. The molecular formula is C15H28F3NO4Si. The lowest BCUT2D eigenvalue weighted by atomic mass is 10.1. The maximum atomic E-state index is 13.6. The lowest BCUT2D eigenvalue weighted by Gasteiger charge is -2.39. The first kappa shape index (κ1) is 21.2. The molecule has 0 aromatic heterocycles. The Kier molecular flexibility index (Phi) is 5.74. The van der Waals surface area contributed by atoms with Gasteiger partial charge in [-0.25, -0.2) is 4.79 Å². The zero-order chi connectivity index (χ0) is 19.1. The van der Waals surface area contributed by atoms with Crippen molar-refractivity contribution in [3.63, 3.8) is 0 Å². The van der Waals surface area contributed by atoms with Gasteiger partial charge in [0.1, 0.15) is 11.3 Å². The third kappa shape index (κ3) is 5.63. The number of ether oxygens (including phenoxy) is 2. The fourth-order valence-electron chi connectivity index (χ4n) is 2.47. The highest BCUT2D eigenvalue weighted by atomic mass is 28.4. The Morgan fingerprint density at radius 2 is 1.75 bits per heavy atom. The largest absolute Gasteiger partial charge is 0.444 e. The predicted octanol–water partition coefficient (Wildman–Crippen LogP) is 4.14. The van der Waals surface area contributed by atoms with Gasteiger partial charge >= 0.3 is 12.3 Å². The first-order valence-corrected chi connectivity index (χ1v) is 11.3. The van der Waals surface area contributed by atoms with Crippen molar-refractivity contribution in [3.05, 3.63) is 0 Å². The molecule has 142 valence electrons. The second-order valence-corrected chi connectivity index (χ2v) is 12.8. The molecule has 5 nitrogen and oxygen atoms in total. The molecule has 1 unspecified atom stereocenters. The summed E-state index contributed by atoms with van der Waals surface area (Å²) in [5, 5.41) is 0. The first-order valence-electron chi connectivity index (χ1n) is 7.85. The van der Waals surface area contributed by atoms with Gasteiger partial charge in [-0.05, 0) is 54.3 Å². The van der Waals surface area contributed by atoms with E-state index in [1.54, 1.807) is 54.3 Å². The average molecular weight is 371 g/mol. The third-order valence-corrected chi connectivity index (χ3v) is 4.22. The number of alkyl halides is 3. The van der Waals surface area contributed by atoms with Crippen molar-refractivity contribution >= 4 is 14.4 Å². The molecule has 2 atom stereocenters. The van der Waals surface area contributed by atoms with Gasteiger partial charge in [0, 0.05) is 0 Å². The van der Waals surface area contributed by atoms with Crippen LogP contribution in [0.5, 0.6) is 0 Å². The van der Waals surface area contributed by atoms with Gasteiger partial charge in [-0.15, -0.1) is 0 Å². The molecule has 0 aliphatic carbocycles. The topological polar surface area (TPSA) is 48.0 Å². The second kappa shape index (κ2) is 6.49. The maximum Gasteiger partial charge on any atom is 0.415 e. The van der Waals surface area contributed by atoms with Crippen molar-refractivity contribution in [1.29, 1.82) is 0 Å². The summed E-state index contributed by atoms with van der Waals surface area (Å²) in [6, 6.07) is -1.29. The highest BCUT2D eigenvalue weighted by Crippen LogP contribution is 2.38. The smallest absolute Gasteiger partial charge is 0.415 e. The predicted molar refractivity (Wildman–Crippen MR) is 86.2 cm³/mol. The number of rotatable bonds is 3. The quantitative estimate of drug-likeness (QED) is 0.700. The molecule has 1 heterocycles. The van der Waals surface area contributed by atoms with Crippen LogP contribution >= 0.6 is 0 Å². The molecule has 0 N–H and O–H groups in total. The minimum Gasteiger partial charge on any atom is -0.444 e. The molecule has 0 aromatic carbocycles. The third-order valence-electron chi connectivity index (χ3n) is 3.26. The number of amides is 1. The zero-order valence-corrected chi connectivity index (χ0v) is 16.6. The number of nitrogens with zero attached hydrogens (tertiary/aromatic N) is 1. The summed E-state index contributed by atoms with van der Waals surface area (Å²) in [5.41, 5.74) is -2.03. The average Bonchev–Trinajstić information content (AvgIpc) is 2.56. The van der Waals surface area contributed by atoms with Gasteiger partial charge < -0.3 is 13.9 Å². The highest BCUT2D eigenvalue weighted by Gasteiger charge is 2.57. The van der Waals surface area contributed by atoms with Crippen molar-refractivity contribution in [1.82, 2.24) is 4.90 Å². The van der Waals surface area contributed by atoms with Crippen molar-refractivity contribution in [2.75, 3.05) is 6.61 Å². The first-order chi connectivity index (χ1) is 10.4. The molecule has 0 radical (unpaired) electrons. The molecule has 1 aliphatic heterocycles. The van der Waals surface area contributed by atoms with Gasteiger partial charge in [-0.3, -0.25) is 4.90 Å². The summed E-state index contributed by atoms with van der Waals surface area (Å²) in [5.74, 6) is 0. The van der Waals surface area contributed by atoms with Gasteiger partial charge in [0.2, 0.25) is 0 Å². The van der Waals surface area contributed by atoms with E-state index in [-0.39, 0.29) is 6.61 Å². The Hall–Kier alpha value is -0.803. The van der Waals surface area contributed by atoms with Gasteiger partial charge in [-0.1, -0.05) is 0 Å². The van der Waals surface area contributed by atoms with Crippen LogP contribution in [0.1, 0.15) is 34.6 Å². The normalized spacial score (nSPS) is 23.3. The molecule has 1 amide bonds. The fraction of sp³-hybridized carbons (Fsp3) is 0.933. The maximum absolute atomic E-state index is 13.6. The lowest BCUT2D eigenvalue weighted by Crippen LogP contribution is -2.58. The van der Waals surface area contributed by atoms with Crippen molar-refractivity contribution in [2.45, 2.75) is 83.9 Å². The standard InChI is InChI=1S/C15H28F3NO4Si/c1-13(2,3)22-12(20)19-10(9-21-14(19,4)5)11(15(16,17)18)23-24(6,7)8/h10-11H,9H2,1-8H3/t10-,11?/m1/s1. The van der Waals surface area contributed by atoms with E-state index in [1.807, 2.05) is 0 Å². The van der Waals surface area contributed by atoms with E-state index < -0.39 is 44.1 Å². The number of hydrogen-bond donors (Lipinski definition) is 0. The molecule has 1 rings (SSSR count). The lowest BCUT2D eigenvalue weighted by molar-refractivity contribution is -0.212. The molecule has 9 heteroatoms. The van der Waals surface area contributed by atoms with Crippen LogP contribution in [-0.4, -0.2) is 55.6 Å². The number of hydrogen-bond acceptors (Lipinski definition) is 4. The van der Waals surface area contributed by atoms with Crippen LogP contribution in [0.25, 0.3) is 0 Å². The summed E-state index contributed by atoms with van der Waals surface area (Å²) in [6.07, 6.45) is -7.57. The van der Waals surface area contributed by atoms with Crippen molar-refractivity contribution in [3.8, 4) is 0 Å². The molecule has 0 spiro atoms. The van der Waals surface area contributed by atoms with Gasteiger partial charge in [0.25, 0.3) is 0 Å². The Morgan fingerprint density at radius 1 is 1.25 bits per heavy atom. The van der Waals surface area contributed by atoms with Gasteiger partial charge in [-0.2, -0.15) is 13.2 Å². The van der Waals surface area contributed by atoms with Crippen LogP contribution in [-0.2, 0) is 13.9 Å². The summed E-state index contributed by atoms with van der Waals surface area (Å²) >= 11 is 0. The monoisotopic (exact) mass is 371 g/mol. The summed E-state index contributed by atoms with van der Waals surface area (Å²) in [7, 11) is -2.51. The van der Waals surface area contributed by atoms with E-state index in [0.29, 0.717) is 0 Å². The minimum atomic E-state index is -4.62. The van der Waals surface area contributed by atoms with Crippen molar-refractivity contribution in [2.24, 2.45) is 0 Å². The molecule has 1 aliphatic rings. The van der Waals surface area contributed by atoms with Crippen LogP contribution in [0, 0.1) is 0 Å². The Balaban J connectivity index is 3.19. The SMILES string of the molecule is CC(C)(C)OC(=O)N1[C@@H](C(O[Si](C)(C)C)C(F)(F)F)COC1(C)C. The Labute approximate surface area is 142 Å². The van der Waals surface area contributed by atoms with Gasteiger partial charge in [0.15, 0.2) is 14.4 Å². The Morgan fingerprint density at radius 3 is 2.12 bits per heavy atom. The van der Waals surface area contributed by atoms with Crippen LogP contribution in [0.2, 0.25) is 19.6 Å².